The third kappa shape index (κ3) is 2.86. The lowest BCUT2D eigenvalue weighted by atomic mass is 10.3. The Hall–Kier alpha value is -0.810. The number of hydrogen-bond acceptors (Lipinski definition) is 1. The number of amidine groups is 1. The van der Waals surface area contributed by atoms with Crippen LogP contribution in [-0.4, -0.2) is 24.7 Å². The first-order valence-corrected chi connectivity index (χ1v) is 3.89. The van der Waals surface area contributed by atoms with Crippen molar-refractivity contribution in [1.82, 2.24) is 0 Å². The summed E-state index contributed by atoms with van der Waals surface area (Å²) in [5.74, 6) is -3.95. The molecule has 0 bridgehead atoms. The summed E-state index contributed by atoms with van der Waals surface area (Å²) in [6.45, 7) is -1.22. The summed E-state index contributed by atoms with van der Waals surface area (Å²) in [4.78, 5) is 3.24. The van der Waals surface area contributed by atoms with Gasteiger partial charge in [0.1, 0.15) is 6.54 Å². The minimum absolute atomic E-state index is 0.0356. The molecule has 0 aliphatic heterocycles. The molecule has 1 aliphatic carbocycles. The third-order valence-corrected chi connectivity index (χ3v) is 1.79. The molecular weight excluding hydrogens is 188 g/mol. The predicted molar refractivity (Wildman–Crippen MR) is 40.2 cm³/mol. The van der Waals surface area contributed by atoms with Gasteiger partial charge in [-0.05, 0) is 12.8 Å². The van der Waals surface area contributed by atoms with Crippen molar-refractivity contribution < 1.29 is 17.6 Å². The van der Waals surface area contributed by atoms with Gasteiger partial charge in [-0.2, -0.15) is 8.78 Å². The van der Waals surface area contributed by atoms with Crippen molar-refractivity contribution in [3.05, 3.63) is 0 Å². The Labute approximate surface area is 72.8 Å². The minimum Gasteiger partial charge on any atom is -0.387 e. The molecular formula is C7H10F4N2. The van der Waals surface area contributed by atoms with Crippen LogP contribution in [0.4, 0.5) is 17.6 Å². The van der Waals surface area contributed by atoms with E-state index < -0.39 is 18.9 Å². The van der Waals surface area contributed by atoms with Crippen LogP contribution in [-0.2, 0) is 0 Å². The summed E-state index contributed by atoms with van der Waals surface area (Å²) in [5.41, 5.74) is 5.26. The van der Waals surface area contributed by atoms with Gasteiger partial charge in [0.15, 0.2) is 0 Å². The lowest BCUT2D eigenvalue weighted by molar-refractivity contribution is -0.120. The molecule has 2 nitrogen and oxygen atoms in total. The molecule has 0 amide bonds. The van der Waals surface area contributed by atoms with Crippen LogP contribution in [0.5, 0.6) is 0 Å². The second kappa shape index (κ2) is 3.51. The molecule has 6 heteroatoms. The van der Waals surface area contributed by atoms with Gasteiger partial charge in [0.25, 0.3) is 0 Å². The van der Waals surface area contributed by atoms with E-state index in [1.54, 1.807) is 0 Å². The average Bonchev–Trinajstić information content (AvgIpc) is 2.82. The van der Waals surface area contributed by atoms with Crippen LogP contribution in [0.1, 0.15) is 12.8 Å². The highest BCUT2D eigenvalue weighted by molar-refractivity contribution is 5.84. The van der Waals surface area contributed by atoms with Crippen molar-refractivity contribution in [3.63, 3.8) is 0 Å². The molecule has 0 saturated heterocycles. The predicted octanol–water partition coefficient (Wildman–Crippen LogP) is 1.65. The first-order chi connectivity index (χ1) is 5.93. The zero-order valence-electron chi connectivity index (χ0n) is 6.81. The lowest BCUT2D eigenvalue weighted by Gasteiger charge is -2.12. The molecule has 76 valence electrons. The summed E-state index contributed by atoms with van der Waals surface area (Å²) in [6.07, 6.45) is -2.05. The molecule has 1 rings (SSSR count). The van der Waals surface area contributed by atoms with Gasteiger partial charge in [0.05, 0.1) is 5.84 Å². The van der Waals surface area contributed by atoms with E-state index in [-0.39, 0.29) is 11.8 Å². The van der Waals surface area contributed by atoms with E-state index in [9.17, 15) is 17.6 Å². The Morgan fingerprint density at radius 1 is 1.46 bits per heavy atom. The molecule has 0 radical (unpaired) electrons. The Kier molecular flexibility index (Phi) is 2.77. The molecule has 1 fully saturated rings. The third-order valence-electron chi connectivity index (χ3n) is 1.79. The van der Waals surface area contributed by atoms with E-state index >= 15 is 0 Å². The van der Waals surface area contributed by atoms with E-state index in [1.807, 2.05) is 0 Å². The lowest BCUT2D eigenvalue weighted by Crippen LogP contribution is -2.31. The standard InChI is InChI=1S/C7H10F4N2/c8-6(9)7(10,11)3-13-5(12)4-1-2-4/h4,6H,1-3H2,(H2,12,13). The Morgan fingerprint density at radius 3 is 2.38 bits per heavy atom. The smallest absolute Gasteiger partial charge is 0.326 e. The van der Waals surface area contributed by atoms with Crippen molar-refractivity contribution in [2.45, 2.75) is 25.2 Å². The van der Waals surface area contributed by atoms with E-state index in [1.165, 1.54) is 0 Å². The van der Waals surface area contributed by atoms with E-state index in [2.05, 4.69) is 4.99 Å². The maximum absolute atomic E-state index is 12.3. The van der Waals surface area contributed by atoms with Crippen molar-refractivity contribution >= 4 is 5.84 Å². The number of nitrogens with zero attached hydrogens (tertiary/aromatic N) is 1. The fourth-order valence-electron chi connectivity index (χ4n) is 0.774. The fourth-order valence-corrected chi connectivity index (χ4v) is 0.774. The molecule has 0 aromatic heterocycles. The zero-order valence-corrected chi connectivity index (χ0v) is 6.81. The van der Waals surface area contributed by atoms with Gasteiger partial charge in [-0.3, -0.25) is 4.99 Å². The van der Waals surface area contributed by atoms with Gasteiger partial charge in [-0.15, -0.1) is 0 Å². The maximum Gasteiger partial charge on any atom is 0.326 e. The van der Waals surface area contributed by atoms with E-state index in [0.29, 0.717) is 0 Å². The zero-order chi connectivity index (χ0) is 10.1. The summed E-state index contributed by atoms with van der Waals surface area (Å²) >= 11 is 0. The van der Waals surface area contributed by atoms with Crippen LogP contribution in [0.2, 0.25) is 0 Å². The van der Waals surface area contributed by atoms with Crippen molar-refractivity contribution in [2.24, 2.45) is 16.6 Å². The molecule has 0 atom stereocenters. The molecule has 0 spiro atoms. The van der Waals surface area contributed by atoms with Gasteiger partial charge in [-0.25, -0.2) is 8.78 Å². The van der Waals surface area contributed by atoms with Crippen molar-refractivity contribution in [2.75, 3.05) is 6.54 Å². The summed E-state index contributed by atoms with van der Waals surface area (Å²) in [6, 6.07) is 0. The summed E-state index contributed by atoms with van der Waals surface area (Å²) in [5, 5.41) is 0. The molecule has 1 aliphatic rings. The number of halogens is 4. The quantitative estimate of drug-likeness (QED) is 0.416. The Bertz CT molecular complexity index is 211. The summed E-state index contributed by atoms with van der Waals surface area (Å²) in [7, 11) is 0. The fraction of sp³-hybridized carbons (Fsp3) is 0.857. The van der Waals surface area contributed by atoms with E-state index in [4.69, 9.17) is 5.73 Å². The molecule has 0 aromatic rings. The molecule has 0 heterocycles. The Balaban J connectivity index is 2.43. The number of hydrogen-bond donors (Lipinski definition) is 1. The summed E-state index contributed by atoms with van der Waals surface area (Å²) < 4.78 is 47.8. The number of aliphatic imine (C=N–C) groups is 1. The highest BCUT2D eigenvalue weighted by atomic mass is 19.3. The second-order valence-corrected chi connectivity index (χ2v) is 3.08. The number of alkyl halides is 4. The minimum atomic E-state index is -4.06. The number of nitrogens with two attached hydrogens (primary N) is 1. The highest BCUT2D eigenvalue weighted by Gasteiger charge is 2.40. The Morgan fingerprint density at radius 2 is 2.00 bits per heavy atom. The van der Waals surface area contributed by atoms with Gasteiger partial charge in [0.2, 0.25) is 0 Å². The molecule has 2 N–H and O–H groups in total. The maximum atomic E-state index is 12.3. The van der Waals surface area contributed by atoms with Crippen molar-refractivity contribution in [3.8, 4) is 0 Å². The second-order valence-electron chi connectivity index (χ2n) is 3.08. The molecule has 13 heavy (non-hydrogen) atoms. The van der Waals surface area contributed by atoms with Crippen LogP contribution in [0.3, 0.4) is 0 Å². The first-order valence-electron chi connectivity index (χ1n) is 3.89. The van der Waals surface area contributed by atoms with Crippen LogP contribution in [0.25, 0.3) is 0 Å². The first kappa shape index (κ1) is 10.3. The molecule has 0 aromatic carbocycles. The normalized spacial score (nSPS) is 19.6. The van der Waals surface area contributed by atoms with Crippen LogP contribution in [0, 0.1) is 5.92 Å². The number of rotatable bonds is 4. The highest BCUT2D eigenvalue weighted by Crippen LogP contribution is 2.29. The van der Waals surface area contributed by atoms with Crippen molar-refractivity contribution in [1.29, 1.82) is 0 Å². The van der Waals surface area contributed by atoms with Gasteiger partial charge < -0.3 is 5.73 Å². The van der Waals surface area contributed by atoms with Crippen LogP contribution < -0.4 is 5.73 Å². The molecule has 1 saturated carbocycles. The van der Waals surface area contributed by atoms with Gasteiger partial charge in [0, 0.05) is 5.92 Å². The largest absolute Gasteiger partial charge is 0.387 e. The SMILES string of the molecule is NC(=NCC(F)(F)C(F)F)C1CC1. The average molecular weight is 198 g/mol. The van der Waals surface area contributed by atoms with Gasteiger partial charge in [-0.1, -0.05) is 0 Å². The monoisotopic (exact) mass is 198 g/mol. The van der Waals surface area contributed by atoms with Crippen LogP contribution >= 0.6 is 0 Å². The van der Waals surface area contributed by atoms with E-state index in [0.717, 1.165) is 12.8 Å². The van der Waals surface area contributed by atoms with Crippen LogP contribution in [0.15, 0.2) is 4.99 Å². The molecule has 0 unspecified atom stereocenters. The topological polar surface area (TPSA) is 38.4 Å². The van der Waals surface area contributed by atoms with Gasteiger partial charge >= 0.3 is 12.3 Å².